The minimum absolute atomic E-state index is 0.192. The standard InChI is InChI=1S/C24H21N5O3/c30-22(17-29-24(32)14-12-21(27-29)19-9-5-2-6-10-19)25-15-16-28-23(31)13-11-20(26-28)18-7-3-1-4-8-18/h1-14H,15-17H2,(H,25,30). The molecule has 0 aliphatic carbocycles. The fourth-order valence-electron chi connectivity index (χ4n) is 3.19. The van der Waals surface area contributed by atoms with E-state index in [2.05, 4.69) is 15.5 Å². The maximum atomic E-state index is 12.4. The second kappa shape index (κ2) is 9.65. The van der Waals surface area contributed by atoms with Gasteiger partial charge in [-0.25, -0.2) is 9.36 Å². The molecule has 8 nitrogen and oxygen atoms in total. The van der Waals surface area contributed by atoms with Gasteiger partial charge in [-0.3, -0.25) is 14.4 Å². The van der Waals surface area contributed by atoms with E-state index >= 15 is 0 Å². The summed E-state index contributed by atoms with van der Waals surface area (Å²) in [6.45, 7) is 0.181. The summed E-state index contributed by atoms with van der Waals surface area (Å²) >= 11 is 0. The third kappa shape index (κ3) is 5.04. The second-order valence-corrected chi connectivity index (χ2v) is 7.08. The first-order chi connectivity index (χ1) is 15.6. The van der Waals surface area contributed by atoms with Crippen molar-refractivity contribution >= 4 is 5.91 Å². The van der Waals surface area contributed by atoms with Crippen molar-refractivity contribution in [3.8, 4) is 22.5 Å². The number of benzene rings is 2. The predicted molar refractivity (Wildman–Crippen MR) is 121 cm³/mol. The third-order valence-corrected chi connectivity index (χ3v) is 4.81. The normalized spacial score (nSPS) is 10.6. The van der Waals surface area contributed by atoms with E-state index in [0.717, 1.165) is 15.8 Å². The largest absolute Gasteiger partial charge is 0.353 e. The van der Waals surface area contributed by atoms with E-state index < -0.39 is 0 Å². The van der Waals surface area contributed by atoms with E-state index in [1.807, 2.05) is 60.7 Å². The average Bonchev–Trinajstić information content (AvgIpc) is 2.83. The molecule has 1 N–H and O–H groups in total. The van der Waals surface area contributed by atoms with Crippen LogP contribution in [0.1, 0.15) is 0 Å². The van der Waals surface area contributed by atoms with Crippen LogP contribution in [-0.4, -0.2) is 32.0 Å². The Labute approximate surface area is 183 Å². The van der Waals surface area contributed by atoms with Gasteiger partial charge >= 0.3 is 0 Å². The molecule has 2 aromatic carbocycles. The summed E-state index contributed by atoms with van der Waals surface area (Å²) in [5.74, 6) is -0.378. The Morgan fingerprint density at radius 1 is 0.688 bits per heavy atom. The van der Waals surface area contributed by atoms with Crippen LogP contribution in [0.3, 0.4) is 0 Å². The molecule has 8 heteroatoms. The van der Waals surface area contributed by atoms with Gasteiger partial charge in [0.15, 0.2) is 0 Å². The van der Waals surface area contributed by atoms with E-state index in [0.29, 0.717) is 11.4 Å². The van der Waals surface area contributed by atoms with E-state index in [4.69, 9.17) is 0 Å². The number of rotatable bonds is 7. The Morgan fingerprint density at radius 3 is 1.75 bits per heavy atom. The Kier molecular flexibility index (Phi) is 6.31. The summed E-state index contributed by atoms with van der Waals surface area (Å²) in [6.07, 6.45) is 0. The van der Waals surface area contributed by atoms with Gasteiger partial charge in [-0.1, -0.05) is 60.7 Å². The molecule has 0 aliphatic heterocycles. The summed E-state index contributed by atoms with van der Waals surface area (Å²) in [5.41, 5.74) is 2.40. The molecular formula is C24H21N5O3. The Bertz CT molecular complexity index is 1330. The number of carbonyl (C=O) groups excluding carboxylic acids is 1. The molecule has 4 rings (SSSR count). The molecule has 0 bridgehead atoms. The van der Waals surface area contributed by atoms with Gasteiger partial charge in [0.2, 0.25) is 5.91 Å². The van der Waals surface area contributed by atoms with Crippen LogP contribution in [0, 0.1) is 0 Å². The van der Waals surface area contributed by atoms with Gasteiger partial charge < -0.3 is 5.32 Å². The first-order valence-corrected chi connectivity index (χ1v) is 10.1. The zero-order valence-electron chi connectivity index (χ0n) is 17.2. The van der Waals surface area contributed by atoms with Gasteiger partial charge in [0, 0.05) is 29.8 Å². The van der Waals surface area contributed by atoms with Gasteiger partial charge in [-0.05, 0) is 12.1 Å². The molecule has 0 saturated carbocycles. The summed E-state index contributed by atoms with van der Waals surface area (Å²) in [6, 6.07) is 25.1. The molecule has 4 aromatic rings. The van der Waals surface area contributed by atoms with E-state index in [1.165, 1.54) is 16.8 Å². The maximum Gasteiger partial charge on any atom is 0.267 e. The SMILES string of the molecule is O=C(Cn1nc(-c2ccccc2)ccc1=O)NCCn1nc(-c2ccccc2)ccc1=O. The lowest BCUT2D eigenvalue weighted by atomic mass is 10.1. The molecule has 0 unspecified atom stereocenters. The highest BCUT2D eigenvalue weighted by Gasteiger charge is 2.09. The first-order valence-electron chi connectivity index (χ1n) is 10.1. The number of hydrogen-bond donors (Lipinski definition) is 1. The van der Waals surface area contributed by atoms with Crippen molar-refractivity contribution in [3.05, 3.63) is 106 Å². The van der Waals surface area contributed by atoms with Crippen LogP contribution >= 0.6 is 0 Å². The molecule has 0 aliphatic rings. The van der Waals surface area contributed by atoms with Crippen LogP contribution in [0.5, 0.6) is 0 Å². The lowest BCUT2D eigenvalue weighted by Crippen LogP contribution is -2.36. The van der Waals surface area contributed by atoms with Crippen LogP contribution in [0.15, 0.2) is 94.5 Å². The first kappa shape index (κ1) is 20.9. The van der Waals surface area contributed by atoms with Crippen LogP contribution < -0.4 is 16.4 Å². The minimum atomic E-state index is -0.378. The molecule has 160 valence electrons. The highest BCUT2D eigenvalue weighted by Crippen LogP contribution is 2.14. The van der Waals surface area contributed by atoms with Gasteiger partial charge in [0.05, 0.1) is 17.9 Å². The smallest absolute Gasteiger partial charge is 0.267 e. The van der Waals surface area contributed by atoms with Crippen molar-refractivity contribution in [3.63, 3.8) is 0 Å². The van der Waals surface area contributed by atoms with E-state index in [1.54, 1.807) is 12.1 Å². The third-order valence-electron chi connectivity index (χ3n) is 4.81. The van der Waals surface area contributed by atoms with Crippen molar-refractivity contribution in [1.82, 2.24) is 24.9 Å². The Balaban J connectivity index is 1.39. The number of carbonyl (C=O) groups is 1. The average molecular weight is 427 g/mol. The fraction of sp³-hybridized carbons (Fsp3) is 0.125. The van der Waals surface area contributed by atoms with Gasteiger partial charge in [0.25, 0.3) is 11.1 Å². The number of amides is 1. The van der Waals surface area contributed by atoms with Crippen molar-refractivity contribution in [2.24, 2.45) is 0 Å². The number of hydrogen-bond acceptors (Lipinski definition) is 5. The number of aromatic nitrogens is 4. The van der Waals surface area contributed by atoms with E-state index in [-0.39, 0.29) is 36.7 Å². The van der Waals surface area contributed by atoms with E-state index in [9.17, 15) is 14.4 Å². The minimum Gasteiger partial charge on any atom is -0.353 e. The maximum absolute atomic E-state index is 12.4. The second-order valence-electron chi connectivity index (χ2n) is 7.08. The predicted octanol–water partition coefficient (Wildman–Crippen LogP) is 1.95. The van der Waals surface area contributed by atoms with Crippen LogP contribution in [0.2, 0.25) is 0 Å². The van der Waals surface area contributed by atoms with Gasteiger partial charge in [0.1, 0.15) is 6.54 Å². The van der Waals surface area contributed by atoms with Crippen molar-refractivity contribution in [2.45, 2.75) is 13.1 Å². The highest BCUT2D eigenvalue weighted by atomic mass is 16.2. The summed E-state index contributed by atoms with van der Waals surface area (Å²) in [5, 5.41) is 11.4. The lowest BCUT2D eigenvalue weighted by molar-refractivity contribution is -0.121. The lowest BCUT2D eigenvalue weighted by Gasteiger charge is -2.10. The summed E-state index contributed by atoms with van der Waals surface area (Å²) in [4.78, 5) is 36.6. The summed E-state index contributed by atoms with van der Waals surface area (Å²) in [7, 11) is 0. The zero-order valence-corrected chi connectivity index (χ0v) is 17.2. The molecule has 0 spiro atoms. The Morgan fingerprint density at radius 2 is 1.19 bits per heavy atom. The van der Waals surface area contributed by atoms with Crippen LogP contribution in [0.4, 0.5) is 0 Å². The molecule has 0 saturated heterocycles. The fourth-order valence-corrected chi connectivity index (χ4v) is 3.19. The van der Waals surface area contributed by atoms with Crippen molar-refractivity contribution < 1.29 is 4.79 Å². The molecule has 2 heterocycles. The monoisotopic (exact) mass is 427 g/mol. The molecule has 2 aromatic heterocycles. The van der Waals surface area contributed by atoms with Crippen LogP contribution in [0.25, 0.3) is 22.5 Å². The van der Waals surface area contributed by atoms with Gasteiger partial charge in [-0.15, -0.1) is 0 Å². The molecule has 0 radical (unpaired) electrons. The van der Waals surface area contributed by atoms with Gasteiger partial charge in [-0.2, -0.15) is 10.2 Å². The van der Waals surface area contributed by atoms with Crippen molar-refractivity contribution in [2.75, 3.05) is 6.54 Å². The number of nitrogens with one attached hydrogen (secondary N) is 1. The molecular weight excluding hydrogens is 406 g/mol. The highest BCUT2D eigenvalue weighted by molar-refractivity contribution is 5.75. The quantitative estimate of drug-likeness (QED) is 0.486. The molecule has 32 heavy (non-hydrogen) atoms. The topological polar surface area (TPSA) is 98.9 Å². The molecule has 1 amide bonds. The zero-order chi connectivity index (χ0) is 22.3. The summed E-state index contributed by atoms with van der Waals surface area (Å²) < 4.78 is 2.43. The molecule has 0 fully saturated rings. The Hall–Kier alpha value is -4.33. The van der Waals surface area contributed by atoms with Crippen molar-refractivity contribution in [1.29, 1.82) is 0 Å². The molecule has 0 atom stereocenters. The van der Waals surface area contributed by atoms with Crippen LogP contribution in [-0.2, 0) is 17.9 Å². The number of nitrogens with zero attached hydrogens (tertiary/aromatic N) is 4.